The summed E-state index contributed by atoms with van der Waals surface area (Å²) in [4.78, 5) is 43.3. The van der Waals surface area contributed by atoms with Crippen molar-refractivity contribution in [2.75, 3.05) is 30.8 Å². The number of carbonyl (C=O) groups is 3. The number of amides is 3. The molecule has 4 rings (SSSR count). The molecule has 0 aromatic carbocycles. The fourth-order valence-electron chi connectivity index (χ4n) is 3.72. The van der Waals surface area contributed by atoms with Crippen LogP contribution in [0, 0.1) is 5.92 Å². The normalized spacial score (nSPS) is 18.3. The summed E-state index contributed by atoms with van der Waals surface area (Å²) >= 11 is 0. The van der Waals surface area contributed by atoms with Gasteiger partial charge in [0.15, 0.2) is 0 Å². The molecule has 1 saturated carbocycles. The molecule has 8 nitrogen and oxygen atoms in total. The van der Waals surface area contributed by atoms with Gasteiger partial charge in [-0.05, 0) is 38.2 Å². The number of hydrogen-bond donors (Lipinski definition) is 3. The van der Waals surface area contributed by atoms with Crippen molar-refractivity contribution in [2.24, 2.45) is 5.92 Å². The van der Waals surface area contributed by atoms with E-state index in [0.717, 1.165) is 37.8 Å². The fourth-order valence-corrected chi connectivity index (χ4v) is 3.72. The fraction of sp³-hybridized carbons (Fsp3) is 0.429. The van der Waals surface area contributed by atoms with Crippen LogP contribution in [0.15, 0.2) is 35.2 Å². The first-order valence-corrected chi connectivity index (χ1v) is 10.0. The summed E-state index contributed by atoms with van der Waals surface area (Å²) in [5, 5.41) is 8.67. The van der Waals surface area contributed by atoms with Crippen molar-refractivity contribution in [3.8, 4) is 0 Å². The summed E-state index contributed by atoms with van der Waals surface area (Å²) in [6.45, 7) is 3.38. The van der Waals surface area contributed by atoms with Crippen molar-refractivity contribution in [2.45, 2.75) is 32.6 Å². The molecule has 1 aromatic rings. The van der Waals surface area contributed by atoms with Crippen LogP contribution in [0.2, 0.25) is 0 Å². The number of rotatable bonds is 6. The Morgan fingerprint density at radius 3 is 2.79 bits per heavy atom. The van der Waals surface area contributed by atoms with Crippen molar-refractivity contribution < 1.29 is 14.4 Å². The molecule has 0 radical (unpaired) electrons. The van der Waals surface area contributed by atoms with Gasteiger partial charge in [0.1, 0.15) is 5.82 Å². The highest BCUT2D eigenvalue weighted by atomic mass is 16.2. The van der Waals surface area contributed by atoms with Crippen LogP contribution in [-0.4, -0.2) is 47.7 Å². The van der Waals surface area contributed by atoms with Gasteiger partial charge in [-0.25, -0.2) is 4.98 Å². The molecular formula is C21H25N5O3. The third kappa shape index (κ3) is 3.74. The van der Waals surface area contributed by atoms with Crippen LogP contribution in [-0.2, 0) is 9.59 Å². The van der Waals surface area contributed by atoms with Gasteiger partial charge >= 0.3 is 0 Å². The van der Waals surface area contributed by atoms with Crippen LogP contribution in [0.25, 0.3) is 0 Å². The minimum Gasteiger partial charge on any atom is -0.355 e. The second-order valence-electron chi connectivity index (χ2n) is 7.52. The minimum absolute atomic E-state index is 0.0165. The van der Waals surface area contributed by atoms with E-state index in [0.29, 0.717) is 34.9 Å². The molecule has 3 aliphatic rings. The largest absolute Gasteiger partial charge is 0.355 e. The number of allylic oxidation sites excluding steroid dienone is 1. The van der Waals surface area contributed by atoms with E-state index < -0.39 is 0 Å². The molecule has 152 valence electrons. The van der Waals surface area contributed by atoms with Crippen molar-refractivity contribution >= 4 is 29.2 Å². The lowest BCUT2D eigenvalue weighted by Crippen LogP contribution is -2.37. The van der Waals surface area contributed by atoms with E-state index in [-0.39, 0.29) is 23.6 Å². The van der Waals surface area contributed by atoms with Gasteiger partial charge in [-0.15, -0.1) is 0 Å². The first-order chi connectivity index (χ1) is 14.0. The van der Waals surface area contributed by atoms with Gasteiger partial charge in [-0.1, -0.05) is 6.08 Å². The van der Waals surface area contributed by atoms with E-state index in [1.54, 1.807) is 13.1 Å². The predicted molar refractivity (Wildman–Crippen MR) is 109 cm³/mol. The molecule has 0 spiro atoms. The number of aromatic nitrogens is 1. The van der Waals surface area contributed by atoms with E-state index in [1.165, 1.54) is 6.20 Å². The Kier molecular flexibility index (Phi) is 5.08. The molecular weight excluding hydrogens is 370 g/mol. The number of anilines is 2. The highest BCUT2D eigenvalue weighted by Crippen LogP contribution is 2.35. The molecule has 1 fully saturated rings. The number of nitrogens with one attached hydrogen (secondary N) is 3. The summed E-state index contributed by atoms with van der Waals surface area (Å²) in [6.07, 6.45) is 6.80. The Balaban J connectivity index is 1.62. The zero-order valence-corrected chi connectivity index (χ0v) is 16.7. The molecule has 0 bridgehead atoms. The van der Waals surface area contributed by atoms with Gasteiger partial charge in [0.25, 0.3) is 11.8 Å². The topological polar surface area (TPSA) is 103 Å². The number of hydrogen-bond acceptors (Lipinski definition) is 5. The first kappa shape index (κ1) is 19.2. The lowest BCUT2D eigenvalue weighted by molar-refractivity contribution is -0.127. The molecule has 3 amide bonds. The van der Waals surface area contributed by atoms with Crippen molar-refractivity contribution in [1.29, 1.82) is 0 Å². The maximum Gasteiger partial charge on any atom is 0.255 e. The van der Waals surface area contributed by atoms with Crippen molar-refractivity contribution in [1.82, 2.24) is 15.2 Å². The summed E-state index contributed by atoms with van der Waals surface area (Å²) in [5.41, 5.74) is 3.38. The average molecular weight is 395 g/mol. The monoisotopic (exact) mass is 395 g/mol. The van der Waals surface area contributed by atoms with Crippen LogP contribution in [0.5, 0.6) is 0 Å². The Hall–Kier alpha value is -3.16. The third-order valence-corrected chi connectivity index (χ3v) is 5.59. The molecule has 0 atom stereocenters. The van der Waals surface area contributed by atoms with E-state index in [9.17, 15) is 14.4 Å². The van der Waals surface area contributed by atoms with Crippen LogP contribution >= 0.6 is 0 Å². The van der Waals surface area contributed by atoms with E-state index in [2.05, 4.69) is 20.9 Å². The smallest absolute Gasteiger partial charge is 0.255 e. The highest BCUT2D eigenvalue weighted by molar-refractivity contribution is 6.04. The number of pyridine rings is 1. The molecule has 8 heteroatoms. The summed E-state index contributed by atoms with van der Waals surface area (Å²) in [5.74, 6) is 0.107. The van der Waals surface area contributed by atoms with Gasteiger partial charge in [0.05, 0.1) is 16.8 Å². The summed E-state index contributed by atoms with van der Waals surface area (Å²) in [7, 11) is 1.55. The quantitative estimate of drug-likeness (QED) is 0.684. The van der Waals surface area contributed by atoms with E-state index in [1.807, 2.05) is 17.9 Å². The molecule has 2 heterocycles. The lowest BCUT2D eigenvalue weighted by Gasteiger charge is -2.28. The number of likely N-dealkylation sites (N-methyl/N-ethyl adjacent to an activating group) is 1. The Morgan fingerprint density at radius 1 is 1.31 bits per heavy atom. The highest BCUT2D eigenvalue weighted by Gasteiger charge is 2.32. The second-order valence-corrected chi connectivity index (χ2v) is 7.52. The van der Waals surface area contributed by atoms with E-state index in [4.69, 9.17) is 0 Å². The van der Waals surface area contributed by atoms with Gasteiger partial charge < -0.3 is 20.9 Å². The van der Waals surface area contributed by atoms with Crippen molar-refractivity contribution in [3.05, 3.63) is 40.7 Å². The van der Waals surface area contributed by atoms with Crippen LogP contribution in [0.3, 0.4) is 0 Å². The molecule has 2 aliphatic carbocycles. The van der Waals surface area contributed by atoms with Gasteiger partial charge in [-0.2, -0.15) is 0 Å². The predicted octanol–water partition coefficient (Wildman–Crippen LogP) is 2.04. The zero-order valence-electron chi connectivity index (χ0n) is 16.7. The molecule has 0 unspecified atom stereocenters. The van der Waals surface area contributed by atoms with Crippen LogP contribution in [0.1, 0.15) is 43.0 Å². The molecule has 0 saturated heterocycles. The third-order valence-electron chi connectivity index (χ3n) is 5.59. The molecule has 1 aliphatic heterocycles. The van der Waals surface area contributed by atoms with Crippen LogP contribution in [0.4, 0.5) is 11.5 Å². The Labute approximate surface area is 169 Å². The average Bonchev–Trinajstić information content (AvgIpc) is 3.50. The summed E-state index contributed by atoms with van der Waals surface area (Å²) in [6, 6.07) is 1.65. The SMILES string of the molecule is CCN1CCC2=C(C1=O)C(Nc1cc(NC(=O)C3CC3)ncc1C(=O)NC)=CC2. The zero-order chi connectivity index (χ0) is 20.5. The van der Waals surface area contributed by atoms with Crippen molar-refractivity contribution in [3.63, 3.8) is 0 Å². The lowest BCUT2D eigenvalue weighted by atomic mass is 10.0. The van der Waals surface area contributed by atoms with Gasteiger partial charge in [0, 0.05) is 44.0 Å². The molecule has 3 N–H and O–H groups in total. The van der Waals surface area contributed by atoms with E-state index >= 15 is 0 Å². The molecule has 29 heavy (non-hydrogen) atoms. The second kappa shape index (κ2) is 7.69. The van der Waals surface area contributed by atoms with Gasteiger partial charge in [0.2, 0.25) is 5.91 Å². The molecule has 1 aromatic heterocycles. The Bertz CT molecular complexity index is 946. The maximum atomic E-state index is 12.8. The maximum absolute atomic E-state index is 12.8. The first-order valence-electron chi connectivity index (χ1n) is 10.0. The number of nitrogens with zero attached hydrogens (tertiary/aromatic N) is 2. The van der Waals surface area contributed by atoms with Gasteiger partial charge in [-0.3, -0.25) is 14.4 Å². The summed E-state index contributed by atoms with van der Waals surface area (Å²) < 4.78 is 0. The van der Waals surface area contributed by atoms with Crippen LogP contribution < -0.4 is 16.0 Å². The Morgan fingerprint density at radius 2 is 2.10 bits per heavy atom. The number of carbonyl (C=O) groups excluding carboxylic acids is 3. The standard InChI is InChI=1S/C21H25N5O3/c1-3-26-9-8-12-6-7-15(18(12)21(26)29)24-16-10-17(25-19(27)13-4-5-13)23-11-14(16)20(28)22-2/h7,10-11,13H,3-6,8-9H2,1-2H3,(H,22,28)(H2,23,24,25,27). The minimum atomic E-state index is -0.293.